The zero-order valence-electron chi connectivity index (χ0n) is 15.6. The zero-order valence-corrected chi connectivity index (χ0v) is 16.4. The molecule has 0 atom stereocenters. The van der Waals surface area contributed by atoms with Gasteiger partial charge >= 0.3 is 0 Å². The van der Waals surface area contributed by atoms with Gasteiger partial charge in [-0.15, -0.1) is 10.2 Å². The fraction of sp³-hybridized carbons (Fsp3) is 0.143. The molecule has 2 aromatic carbocycles. The van der Waals surface area contributed by atoms with Gasteiger partial charge in [0.1, 0.15) is 5.01 Å². The first-order valence-electron chi connectivity index (χ1n) is 8.89. The monoisotopic (exact) mass is 389 g/mol. The second-order valence-corrected chi connectivity index (χ2v) is 7.50. The number of nitrogens with zero attached hydrogens (tertiary/aromatic N) is 4. The normalized spacial score (nSPS) is 10.8. The van der Waals surface area contributed by atoms with E-state index >= 15 is 0 Å². The quantitative estimate of drug-likeness (QED) is 0.552. The van der Waals surface area contributed by atoms with E-state index in [-0.39, 0.29) is 5.91 Å². The van der Waals surface area contributed by atoms with Crippen molar-refractivity contribution in [2.24, 2.45) is 0 Å². The van der Waals surface area contributed by atoms with Crippen LogP contribution in [0.25, 0.3) is 10.6 Å². The van der Waals surface area contributed by atoms with E-state index in [0.29, 0.717) is 17.2 Å². The molecule has 0 bridgehead atoms. The standard InChI is InChI=1S/C21H19N5OS/c1-14-11-15(2)26(25-14)13-16-7-6-10-18(12-16)19(27)22-21-24-23-20(28-21)17-8-4-3-5-9-17/h3-12H,13H2,1-2H3,(H,22,24,27). The molecule has 0 aliphatic rings. The van der Waals surface area contributed by atoms with E-state index in [4.69, 9.17) is 0 Å². The maximum atomic E-state index is 12.6. The van der Waals surface area contributed by atoms with E-state index in [9.17, 15) is 4.79 Å². The highest BCUT2D eigenvalue weighted by Gasteiger charge is 2.12. The molecule has 7 heteroatoms. The van der Waals surface area contributed by atoms with Crippen LogP contribution < -0.4 is 5.32 Å². The van der Waals surface area contributed by atoms with Crippen LogP contribution in [0.5, 0.6) is 0 Å². The predicted octanol–water partition coefficient (Wildman–Crippen LogP) is 4.32. The third-order valence-corrected chi connectivity index (χ3v) is 5.18. The summed E-state index contributed by atoms with van der Waals surface area (Å²) in [5.74, 6) is -0.203. The lowest BCUT2D eigenvalue weighted by Gasteiger charge is -2.07. The largest absolute Gasteiger partial charge is 0.296 e. The molecule has 0 radical (unpaired) electrons. The van der Waals surface area contributed by atoms with Crippen molar-refractivity contribution in [2.45, 2.75) is 20.4 Å². The van der Waals surface area contributed by atoms with Gasteiger partial charge in [0.05, 0.1) is 12.2 Å². The highest BCUT2D eigenvalue weighted by molar-refractivity contribution is 7.18. The maximum absolute atomic E-state index is 12.6. The van der Waals surface area contributed by atoms with Crippen LogP contribution in [0.15, 0.2) is 60.7 Å². The number of nitrogens with one attached hydrogen (secondary N) is 1. The topological polar surface area (TPSA) is 72.7 Å². The summed E-state index contributed by atoms with van der Waals surface area (Å²) in [5.41, 5.74) is 4.65. The summed E-state index contributed by atoms with van der Waals surface area (Å²) in [6, 6.07) is 19.4. The molecule has 1 N–H and O–H groups in total. The number of carbonyl (C=O) groups excluding carboxylic acids is 1. The Labute approximate surface area is 166 Å². The number of benzene rings is 2. The Morgan fingerprint density at radius 3 is 2.61 bits per heavy atom. The molecule has 4 aromatic rings. The first kappa shape index (κ1) is 18.1. The van der Waals surface area contributed by atoms with E-state index < -0.39 is 0 Å². The second kappa shape index (κ2) is 7.74. The Morgan fingerprint density at radius 2 is 1.86 bits per heavy atom. The number of hydrogen-bond acceptors (Lipinski definition) is 5. The van der Waals surface area contributed by atoms with Gasteiger partial charge < -0.3 is 0 Å². The molecule has 2 aromatic heterocycles. The minimum absolute atomic E-state index is 0.203. The van der Waals surface area contributed by atoms with Gasteiger partial charge in [-0.3, -0.25) is 14.8 Å². The molecule has 0 aliphatic carbocycles. The fourth-order valence-corrected chi connectivity index (χ4v) is 3.70. The average Bonchev–Trinajstić information content (AvgIpc) is 3.29. The molecule has 0 saturated heterocycles. The van der Waals surface area contributed by atoms with Gasteiger partial charge in [0.2, 0.25) is 5.13 Å². The number of amides is 1. The molecule has 4 rings (SSSR count). The molecule has 140 valence electrons. The van der Waals surface area contributed by atoms with Crippen molar-refractivity contribution in [3.05, 3.63) is 83.2 Å². The summed E-state index contributed by atoms with van der Waals surface area (Å²) in [5, 5.41) is 16.8. The van der Waals surface area contributed by atoms with Crippen molar-refractivity contribution in [3.8, 4) is 10.6 Å². The predicted molar refractivity (Wildman–Crippen MR) is 111 cm³/mol. The lowest BCUT2D eigenvalue weighted by Crippen LogP contribution is -2.12. The lowest BCUT2D eigenvalue weighted by molar-refractivity contribution is 0.102. The molecule has 2 heterocycles. The number of rotatable bonds is 5. The SMILES string of the molecule is Cc1cc(C)n(Cc2cccc(C(=O)Nc3nnc(-c4ccccc4)s3)c2)n1. The van der Waals surface area contributed by atoms with E-state index in [0.717, 1.165) is 27.5 Å². The number of anilines is 1. The van der Waals surface area contributed by atoms with Gasteiger partial charge in [-0.05, 0) is 37.6 Å². The first-order chi connectivity index (χ1) is 13.6. The Balaban J connectivity index is 1.48. The van der Waals surface area contributed by atoms with Gasteiger partial charge in [-0.25, -0.2) is 0 Å². The Hall–Kier alpha value is -3.32. The Kier molecular flexibility index (Phi) is 4.99. The number of aryl methyl sites for hydroxylation is 2. The molecule has 0 aliphatic heterocycles. The van der Waals surface area contributed by atoms with Crippen LogP contribution in [0.3, 0.4) is 0 Å². The summed E-state index contributed by atoms with van der Waals surface area (Å²) >= 11 is 1.35. The lowest BCUT2D eigenvalue weighted by atomic mass is 10.1. The number of carbonyl (C=O) groups is 1. The molecule has 0 spiro atoms. The van der Waals surface area contributed by atoms with Crippen LogP contribution in [-0.4, -0.2) is 25.9 Å². The zero-order chi connectivity index (χ0) is 19.5. The van der Waals surface area contributed by atoms with E-state index in [1.807, 2.05) is 73.1 Å². The minimum Gasteiger partial charge on any atom is -0.296 e. The van der Waals surface area contributed by atoms with Gasteiger partial charge in [-0.1, -0.05) is 53.8 Å². The van der Waals surface area contributed by atoms with Crippen LogP contribution in [0, 0.1) is 13.8 Å². The highest BCUT2D eigenvalue weighted by Crippen LogP contribution is 2.26. The third kappa shape index (κ3) is 3.99. The second-order valence-electron chi connectivity index (χ2n) is 6.52. The maximum Gasteiger partial charge on any atom is 0.257 e. The van der Waals surface area contributed by atoms with Gasteiger partial charge in [0.15, 0.2) is 0 Å². The van der Waals surface area contributed by atoms with Crippen LogP contribution in [0.4, 0.5) is 5.13 Å². The summed E-state index contributed by atoms with van der Waals surface area (Å²) in [6.07, 6.45) is 0. The molecule has 0 saturated carbocycles. The number of hydrogen-bond donors (Lipinski definition) is 1. The van der Waals surface area contributed by atoms with Gasteiger partial charge in [0.25, 0.3) is 5.91 Å². The van der Waals surface area contributed by atoms with Crippen LogP contribution in [-0.2, 0) is 6.54 Å². The summed E-state index contributed by atoms with van der Waals surface area (Å²) in [6.45, 7) is 4.62. The highest BCUT2D eigenvalue weighted by atomic mass is 32.1. The average molecular weight is 389 g/mol. The summed E-state index contributed by atoms with van der Waals surface area (Å²) < 4.78 is 1.93. The van der Waals surface area contributed by atoms with Crippen molar-refractivity contribution >= 4 is 22.4 Å². The van der Waals surface area contributed by atoms with E-state index in [2.05, 4.69) is 20.6 Å². The van der Waals surface area contributed by atoms with Gasteiger partial charge in [0, 0.05) is 16.8 Å². The Bertz CT molecular complexity index is 1120. The minimum atomic E-state index is -0.203. The smallest absolute Gasteiger partial charge is 0.257 e. The van der Waals surface area contributed by atoms with Crippen molar-refractivity contribution in [1.29, 1.82) is 0 Å². The molecular formula is C21H19N5OS. The van der Waals surface area contributed by atoms with Crippen molar-refractivity contribution in [2.75, 3.05) is 5.32 Å². The summed E-state index contributed by atoms with van der Waals surface area (Å²) in [4.78, 5) is 12.6. The van der Waals surface area contributed by atoms with Crippen molar-refractivity contribution < 1.29 is 4.79 Å². The molecular weight excluding hydrogens is 370 g/mol. The molecule has 6 nitrogen and oxygen atoms in total. The molecule has 0 fully saturated rings. The van der Waals surface area contributed by atoms with Gasteiger partial charge in [-0.2, -0.15) is 5.10 Å². The molecule has 28 heavy (non-hydrogen) atoms. The van der Waals surface area contributed by atoms with Crippen LogP contribution >= 0.6 is 11.3 Å². The van der Waals surface area contributed by atoms with Crippen LogP contribution in [0.1, 0.15) is 27.3 Å². The molecule has 1 amide bonds. The number of aromatic nitrogens is 4. The third-order valence-electron chi connectivity index (χ3n) is 4.29. The van der Waals surface area contributed by atoms with Crippen molar-refractivity contribution in [3.63, 3.8) is 0 Å². The first-order valence-corrected chi connectivity index (χ1v) is 9.70. The Morgan fingerprint density at radius 1 is 1.04 bits per heavy atom. The molecule has 0 unspecified atom stereocenters. The van der Waals surface area contributed by atoms with Crippen LogP contribution in [0.2, 0.25) is 0 Å². The van der Waals surface area contributed by atoms with E-state index in [1.165, 1.54) is 11.3 Å². The fourth-order valence-electron chi connectivity index (χ4n) is 2.96. The summed E-state index contributed by atoms with van der Waals surface area (Å²) in [7, 11) is 0. The van der Waals surface area contributed by atoms with E-state index in [1.54, 1.807) is 6.07 Å². The van der Waals surface area contributed by atoms with Crippen molar-refractivity contribution in [1.82, 2.24) is 20.0 Å².